The SMILES string of the molecule is CCOc1ccc(NC(=O)C[NH+](C)[C@H](C)c2nc3ccccc3s2)cc1. The molecule has 0 saturated carbocycles. The number of para-hydroxylation sites is 1. The average Bonchev–Trinajstić information content (AvgIpc) is 3.07. The lowest BCUT2D eigenvalue weighted by Crippen LogP contribution is -3.10. The summed E-state index contributed by atoms with van der Waals surface area (Å²) >= 11 is 1.69. The number of hydrogen-bond acceptors (Lipinski definition) is 4. The summed E-state index contributed by atoms with van der Waals surface area (Å²) in [5.74, 6) is 0.789. The van der Waals surface area contributed by atoms with Crippen LogP contribution in [0.1, 0.15) is 24.9 Å². The quantitative estimate of drug-likeness (QED) is 0.672. The smallest absolute Gasteiger partial charge is 0.279 e. The molecule has 0 aliphatic carbocycles. The Hall–Kier alpha value is -2.44. The predicted octanol–water partition coefficient (Wildman–Crippen LogP) is 2.91. The van der Waals surface area contributed by atoms with Crippen molar-refractivity contribution < 1.29 is 14.4 Å². The van der Waals surface area contributed by atoms with E-state index in [0.717, 1.165) is 26.9 Å². The summed E-state index contributed by atoms with van der Waals surface area (Å²) in [4.78, 5) is 18.2. The van der Waals surface area contributed by atoms with E-state index >= 15 is 0 Å². The van der Waals surface area contributed by atoms with Crippen molar-refractivity contribution in [2.75, 3.05) is 25.5 Å². The van der Waals surface area contributed by atoms with Gasteiger partial charge in [-0.1, -0.05) is 12.1 Å². The van der Waals surface area contributed by atoms with Crippen LogP contribution in [-0.4, -0.2) is 31.1 Å². The number of quaternary nitrogens is 1. The molecule has 0 bridgehead atoms. The summed E-state index contributed by atoms with van der Waals surface area (Å²) < 4.78 is 6.59. The maximum atomic E-state index is 12.4. The van der Waals surface area contributed by atoms with Crippen molar-refractivity contribution in [1.29, 1.82) is 0 Å². The summed E-state index contributed by atoms with van der Waals surface area (Å²) in [6.07, 6.45) is 0. The molecule has 1 heterocycles. The highest BCUT2D eigenvalue weighted by atomic mass is 32.1. The van der Waals surface area contributed by atoms with Gasteiger partial charge in [0.25, 0.3) is 5.91 Å². The lowest BCUT2D eigenvalue weighted by molar-refractivity contribution is -0.902. The van der Waals surface area contributed by atoms with E-state index in [1.807, 2.05) is 56.4 Å². The van der Waals surface area contributed by atoms with Gasteiger partial charge in [0.2, 0.25) is 0 Å². The Morgan fingerprint density at radius 3 is 2.65 bits per heavy atom. The first-order valence-corrected chi connectivity index (χ1v) is 9.59. The second-order valence-corrected chi connectivity index (χ2v) is 7.33. The first-order valence-electron chi connectivity index (χ1n) is 8.77. The Kier molecular flexibility index (Phi) is 5.85. The number of rotatable bonds is 7. The van der Waals surface area contributed by atoms with Gasteiger partial charge >= 0.3 is 0 Å². The third kappa shape index (κ3) is 4.39. The number of hydrogen-bond donors (Lipinski definition) is 2. The molecule has 26 heavy (non-hydrogen) atoms. The Morgan fingerprint density at radius 2 is 1.96 bits per heavy atom. The van der Waals surface area contributed by atoms with Crippen LogP contribution in [0.5, 0.6) is 5.75 Å². The topological polar surface area (TPSA) is 55.7 Å². The van der Waals surface area contributed by atoms with E-state index in [0.29, 0.717) is 13.2 Å². The van der Waals surface area contributed by atoms with Gasteiger partial charge in [0.05, 0.1) is 23.9 Å². The molecule has 0 spiro atoms. The number of carbonyl (C=O) groups excluding carboxylic acids is 1. The van der Waals surface area contributed by atoms with Gasteiger partial charge in [-0.15, -0.1) is 11.3 Å². The fourth-order valence-electron chi connectivity index (χ4n) is 2.70. The highest BCUT2D eigenvalue weighted by Crippen LogP contribution is 2.24. The molecule has 0 radical (unpaired) electrons. The second kappa shape index (κ2) is 8.29. The van der Waals surface area contributed by atoms with Gasteiger partial charge in [-0.05, 0) is 50.2 Å². The fraction of sp³-hybridized carbons (Fsp3) is 0.300. The molecule has 3 aromatic rings. The summed E-state index contributed by atoms with van der Waals surface area (Å²) in [7, 11) is 2.02. The van der Waals surface area contributed by atoms with Crippen LogP contribution in [0.4, 0.5) is 5.69 Å². The van der Waals surface area contributed by atoms with Crippen molar-refractivity contribution in [1.82, 2.24) is 4.98 Å². The van der Waals surface area contributed by atoms with E-state index < -0.39 is 0 Å². The lowest BCUT2D eigenvalue weighted by atomic mass is 10.3. The average molecular weight is 370 g/mol. The molecule has 136 valence electrons. The summed E-state index contributed by atoms with van der Waals surface area (Å²) in [6, 6.07) is 15.7. The van der Waals surface area contributed by atoms with Crippen LogP contribution in [0.15, 0.2) is 48.5 Å². The van der Waals surface area contributed by atoms with Crippen molar-refractivity contribution in [2.45, 2.75) is 19.9 Å². The molecule has 0 aliphatic rings. The molecule has 1 aromatic heterocycles. The van der Waals surface area contributed by atoms with Crippen LogP contribution in [-0.2, 0) is 4.79 Å². The van der Waals surface area contributed by atoms with Gasteiger partial charge < -0.3 is 15.0 Å². The van der Waals surface area contributed by atoms with E-state index in [-0.39, 0.29) is 11.9 Å². The molecule has 5 nitrogen and oxygen atoms in total. The van der Waals surface area contributed by atoms with E-state index in [2.05, 4.69) is 18.3 Å². The Balaban J connectivity index is 1.59. The monoisotopic (exact) mass is 370 g/mol. The number of fused-ring (bicyclic) bond motifs is 1. The maximum Gasteiger partial charge on any atom is 0.279 e. The first-order chi connectivity index (χ1) is 12.6. The van der Waals surface area contributed by atoms with Gasteiger partial charge in [0, 0.05) is 5.69 Å². The van der Waals surface area contributed by atoms with E-state index in [1.165, 1.54) is 4.70 Å². The second-order valence-electron chi connectivity index (χ2n) is 6.27. The number of carbonyl (C=O) groups is 1. The van der Waals surface area contributed by atoms with Crippen LogP contribution in [0, 0.1) is 0 Å². The zero-order valence-electron chi connectivity index (χ0n) is 15.3. The molecular weight excluding hydrogens is 346 g/mol. The molecule has 1 unspecified atom stereocenters. The molecule has 1 amide bonds. The molecule has 2 aromatic carbocycles. The normalized spacial score (nSPS) is 13.3. The zero-order valence-corrected chi connectivity index (χ0v) is 16.1. The molecule has 0 saturated heterocycles. The molecule has 3 rings (SSSR count). The van der Waals surface area contributed by atoms with Gasteiger partial charge in [-0.2, -0.15) is 0 Å². The minimum absolute atomic E-state index is 0.0142. The minimum Gasteiger partial charge on any atom is -0.494 e. The van der Waals surface area contributed by atoms with Gasteiger partial charge in [-0.25, -0.2) is 4.98 Å². The Bertz CT molecular complexity index is 843. The van der Waals surface area contributed by atoms with Gasteiger partial charge in [0.15, 0.2) is 11.6 Å². The highest BCUT2D eigenvalue weighted by Gasteiger charge is 2.22. The molecule has 2 atom stereocenters. The van der Waals surface area contributed by atoms with Crippen LogP contribution >= 0.6 is 11.3 Å². The number of benzene rings is 2. The number of anilines is 1. The van der Waals surface area contributed by atoms with E-state index in [4.69, 9.17) is 9.72 Å². The molecule has 0 fully saturated rings. The Labute approximate surface area is 157 Å². The van der Waals surface area contributed by atoms with Crippen LogP contribution in [0.25, 0.3) is 10.2 Å². The number of nitrogens with zero attached hydrogens (tertiary/aromatic N) is 1. The third-order valence-corrected chi connectivity index (χ3v) is 5.53. The number of ether oxygens (including phenoxy) is 1. The largest absolute Gasteiger partial charge is 0.494 e. The third-order valence-electron chi connectivity index (χ3n) is 4.31. The molecule has 2 N–H and O–H groups in total. The molecule has 0 aliphatic heterocycles. The summed E-state index contributed by atoms with van der Waals surface area (Å²) in [6.45, 7) is 5.06. The van der Waals surface area contributed by atoms with Crippen molar-refractivity contribution in [2.24, 2.45) is 0 Å². The lowest BCUT2D eigenvalue weighted by Gasteiger charge is -2.19. The maximum absolute atomic E-state index is 12.4. The van der Waals surface area contributed by atoms with Crippen LogP contribution < -0.4 is 15.0 Å². The van der Waals surface area contributed by atoms with Crippen molar-refractivity contribution in [3.8, 4) is 5.75 Å². The number of amides is 1. The molecule has 6 heteroatoms. The first kappa shape index (κ1) is 18.4. The molecular formula is C20H24N3O2S+. The van der Waals surface area contributed by atoms with E-state index in [1.54, 1.807) is 11.3 Å². The van der Waals surface area contributed by atoms with Crippen LogP contribution in [0.3, 0.4) is 0 Å². The van der Waals surface area contributed by atoms with E-state index in [9.17, 15) is 4.79 Å². The summed E-state index contributed by atoms with van der Waals surface area (Å²) in [5, 5.41) is 4.00. The van der Waals surface area contributed by atoms with Gasteiger partial charge in [0.1, 0.15) is 11.8 Å². The number of thiazole rings is 1. The number of likely N-dealkylation sites (N-methyl/N-ethyl adjacent to an activating group) is 1. The number of nitrogens with one attached hydrogen (secondary N) is 2. The van der Waals surface area contributed by atoms with Crippen molar-refractivity contribution in [3.05, 3.63) is 53.5 Å². The fourth-order valence-corrected chi connectivity index (χ4v) is 3.81. The predicted molar refractivity (Wildman–Crippen MR) is 106 cm³/mol. The van der Waals surface area contributed by atoms with Crippen LogP contribution in [0.2, 0.25) is 0 Å². The standard InChI is InChI=1S/C20H23N3O2S/c1-4-25-16-11-9-15(10-12-16)21-19(24)13-23(3)14(2)20-22-17-7-5-6-8-18(17)26-20/h5-12,14H,4,13H2,1-3H3,(H,21,24)/p+1/t14-/m1/s1. The van der Waals surface area contributed by atoms with Crippen molar-refractivity contribution >= 4 is 33.1 Å². The zero-order chi connectivity index (χ0) is 18.5. The minimum atomic E-state index is -0.0142. The number of aromatic nitrogens is 1. The highest BCUT2D eigenvalue weighted by molar-refractivity contribution is 7.18. The Morgan fingerprint density at radius 1 is 1.23 bits per heavy atom. The summed E-state index contributed by atoms with van der Waals surface area (Å²) in [5.41, 5.74) is 1.80. The van der Waals surface area contributed by atoms with Gasteiger partial charge in [-0.3, -0.25) is 4.79 Å². The van der Waals surface area contributed by atoms with Crippen molar-refractivity contribution in [3.63, 3.8) is 0 Å².